The van der Waals surface area contributed by atoms with E-state index >= 15 is 0 Å². The number of thioether (sulfide) groups is 1. The van der Waals surface area contributed by atoms with Crippen molar-refractivity contribution in [1.29, 1.82) is 5.26 Å². The Bertz CT molecular complexity index is 426. The van der Waals surface area contributed by atoms with Gasteiger partial charge in [-0.2, -0.15) is 5.26 Å². The molecule has 18 heavy (non-hydrogen) atoms. The molecule has 0 radical (unpaired) electrons. The lowest BCUT2D eigenvalue weighted by Gasteiger charge is -2.31. The van der Waals surface area contributed by atoms with Gasteiger partial charge in [-0.05, 0) is 25.2 Å². The Kier molecular flexibility index (Phi) is 4.65. The van der Waals surface area contributed by atoms with Gasteiger partial charge in [-0.25, -0.2) is 0 Å². The zero-order valence-corrected chi connectivity index (χ0v) is 11.7. The Balaban J connectivity index is 2.00. The van der Waals surface area contributed by atoms with E-state index < -0.39 is 0 Å². The van der Waals surface area contributed by atoms with Gasteiger partial charge in [0.1, 0.15) is 0 Å². The third-order valence-electron chi connectivity index (χ3n) is 3.52. The average Bonchev–Trinajstić information content (AvgIpc) is 2.76. The summed E-state index contributed by atoms with van der Waals surface area (Å²) in [5.41, 5.74) is 0. The van der Waals surface area contributed by atoms with Gasteiger partial charge >= 0.3 is 0 Å². The number of hydrogen-bond donors (Lipinski definition) is 0. The molecule has 1 aromatic rings. The predicted octanol–water partition coefficient (Wildman–Crippen LogP) is 3.58. The number of nitrogens with zero attached hydrogens (tertiary/aromatic N) is 3. The molecular formula is C13H19N3OS. The van der Waals surface area contributed by atoms with Crippen molar-refractivity contribution >= 4 is 11.8 Å². The summed E-state index contributed by atoms with van der Waals surface area (Å²) in [5, 5.41) is 18.0. The van der Waals surface area contributed by atoms with E-state index in [4.69, 9.17) is 4.42 Å². The highest BCUT2D eigenvalue weighted by molar-refractivity contribution is 7.99. The average molecular weight is 265 g/mol. The molecular weight excluding hydrogens is 246 g/mol. The van der Waals surface area contributed by atoms with Gasteiger partial charge in [-0.1, -0.05) is 31.5 Å². The number of nitriles is 1. The molecule has 5 heteroatoms. The molecule has 1 fully saturated rings. The molecule has 3 atom stereocenters. The fraction of sp³-hybridized carbons (Fsp3) is 0.769. The third-order valence-corrected chi connectivity index (χ3v) is 4.71. The fourth-order valence-corrected chi connectivity index (χ4v) is 3.86. The van der Waals surface area contributed by atoms with Crippen molar-refractivity contribution < 1.29 is 4.42 Å². The molecule has 1 saturated carbocycles. The van der Waals surface area contributed by atoms with Gasteiger partial charge in [-0.15, -0.1) is 10.2 Å². The number of aryl methyl sites for hydroxylation is 1. The lowest BCUT2D eigenvalue weighted by molar-refractivity contribution is 0.305. The van der Waals surface area contributed by atoms with Gasteiger partial charge in [0.25, 0.3) is 5.22 Å². The Labute approximate surface area is 112 Å². The molecule has 1 aromatic heterocycles. The summed E-state index contributed by atoms with van der Waals surface area (Å²) in [6.45, 7) is 4.01. The van der Waals surface area contributed by atoms with Gasteiger partial charge in [0.05, 0.1) is 12.0 Å². The van der Waals surface area contributed by atoms with E-state index in [9.17, 15) is 5.26 Å². The summed E-state index contributed by atoms with van der Waals surface area (Å²) in [6.07, 6.45) is 5.77. The summed E-state index contributed by atoms with van der Waals surface area (Å²) in [6, 6.07) is 2.43. The SMILES string of the molecule is CCCC1CCC(C#N)C(Sc2nnc(C)o2)C1. The van der Waals surface area contributed by atoms with Gasteiger partial charge < -0.3 is 4.42 Å². The van der Waals surface area contributed by atoms with Crippen LogP contribution in [0.2, 0.25) is 0 Å². The zero-order valence-electron chi connectivity index (χ0n) is 10.9. The van der Waals surface area contributed by atoms with Gasteiger partial charge in [-0.3, -0.25) is 0 Å². The fourth-order valence-electron chi connectivity index (χ4n) is 2.62. The molecule has 4 nitrogen and oxygen atoms in total. The lowest BCUT2D eigenvalue weighted by atomic mass is 9.80. The second-order valence-corrected chi connectivity index (χ2v) is 6.14. The number of rotatable bonds is 4. The van der Waals surface area contributed by atoms with Crippen LogP contribution in [-0.4, -0.2) is 15.4 Å². The third kappa shape index (κ3) is 3.26. The van der Waals surface area contributed by atoms with Crippen molar-refractivity contribution in [3.05, 3.63) is 5.89 Å². The van der Waals surface area contributed by atoms with Crippen LogP contribution in [0.3, 0.4) is 0 Å². The van der Waals surface area contributed by atoms with Crippen LogP contribution in [0.4, 0.5) is 0 Å². The van der Waals surface area contributed by atoms with Crippen molar-refractivity contribution in [3.63, 3.8) is 0 Å². The van der Waals surface area contributed by atoms with Crippen LogP contribution >= 0.6 is 11.8 Å². The minimum atomic E-state index is 0.121. The Hall–Kier alpha value is -1.02. The zero-order chi connectivity index (χ0) is 13.0. The van der Waals surface area contributed by atoms with Gasteiger partial charge in [0.2, 0.25) is 5.89 Å². The molecule has 0 saturated heterocycles. The quantitative estimate of drug-likeness (QED) is 0.832. The van der Waals surface area contributed by atoms with Crippen molar-refractivity contribution in [2.24, 2.45) is 11.8 Å². The van der Waals surface area contributed by atoms with E-state index in [2.05, 4.69) is 23.2 Å². The van der Waals surface area contributed by atoms with E-state index in [-0.39, 0.29) is 5.92 Å². The van der Waals surface area contributed by atoms with Gasteiger partial charge in [0, 0.05) is 12.2 Å². The predicted molar refractivity (Wildman–Crippen MR) is 70.0 cm³/mol. The maximum absolute atomic E-state index is 9.23. The van der Waals surface area contributed by atoms with Crippen LogP contribution in [0.15, 0.2) is 9.64 Å². The highest BCUT2D eigenvalue weighted by atomic mass is 32.2. The first-order chi connectivity index (χ1) is 8.72. The van der Waals surface area contributed by atoms with Crippen LogP contribution in [0.5, 0.6) is 0 Å². The summed E-state index contributed by atoms with van der Waals surface area (Å²) in [7, 11) is 0. The molecule has 0 aromatic carbocycles. The Morgan fingerprint density at radius 1 is 1.44 bits per heavy atom. The van der Waals surface area contributed by atoms with E-state index in [0.717, 1.165) is 18.8 Å². The van der Waals surface area contributed by atoms with Crippen molar-refractivity contribution in [2.45, 2.75) is 56.4 Å². The van der Waals surface area contributed by atoms with Crippen LogP contribution in [-0.2, 0) is 0 Å². The van der Waals surface area contributed by atoms with E-state index in [1.165, 1.54) is 19.3 Å². The maximum Gasteiger partial charge on any atom is 0.276 e. The molecule has 0 amide bonds. The molecule has 1 aliphatic rings. The van der Waals surface area contributed by atoms with E-state index in [0.29, 0.717) is 16.4 Å². The molecule has 1 aliphatic carbocycles. The van der Waals surface area contributed by atoms with Gasteiger partial charge in [0.15, 0.2) is 0 Å². The second kappa shape index (κ2) is 6.24. The molecule has 0 N–H and O–H groups in total. The van der Waals surface area contributed by atoms with E-state index in [1.54, 1.807) is 18.7 Å². The number of aromatic nitrogens is 2. The summed E-state index contributed by atoms with van der Waals surface area (Å²) >= 11 is 1.58. The standard InChI is InChI=1S/C13H19N3OS/c1-3-4-10-5-6-11(8-14)12(7-10)18-13-16-15-9(2)17-13/h10-12H,3-7H2,1-2H3. The highest BCUT2D eigenvalue weighted by Crippen LogP contribution is 2.40. The summed E-state index contributed by atoms with van der Waals surface area (Å²) in [4.78, 5) is 0. The highest BCUT2D eigenvalue weighted by Gasteiger charge is 2.32. The summed E-state index contributed by atoms with van der Waals surface area (Å²) in [5.74, 6) is 1.46. The number of hydrogen-bond acceptors (Lipinski definition) is 5. The topological polar surface area (TPSA) is 62.7 Å². The monoisotopic (exact) mass is 265 g/mol. The normalized spacial score (nSPS) is 27.9. The molecule has 0 spiro atoms. The molecule has 1 heterocycles. The minimum Gasteiger partial charge on any atom is -0.416 e. The van der Waals surface area contributed by atoms with Crippen LogP contribution in [0.1, 0.15) is 44.9 Å². The van der Waals surface area contributed by atoms with E-state index in [1.807, 2.05) is 0 Å². The second-order valence-electron chi connectivity index (χ2n) is 4.95. The molecule has 2 rings (SSSR count). The summed E-state index contributed by atoms with van der Waals surface area (Å²) < 4.78 is 5.41. The molecule has 0 aliphatic heterocycles. The van der Waals surface area contributed by atoms with Crippen LogP contribution in [0.25, 0.3) is 0 Å². The van der Waals surface area contributed by atoms with Crippen molar-refractivity contribution in [2.75, 3.05) is 0 Å². The van der Waals surface area contributed by atoms with Crippen molar-refractivity contribution in [1.82, 2.24) is 10.2 Å². The molecule has 98 valence electrons. The first kappa shape index (κ1) is 13.4. The largest absolute Gasteiger partial charge is 0.416 e. The maximum atomic E-state index is 9.23. The first-order valence-corrected chi connectivity index (χ1v) is 7.47. The van der Waals surface area contributed by atoms with Crippen LogP contribution in [0, 0.1) is 30.1 Å². The first-order valence-electron chi connectivity index (χ1n) is 6.59. The minimum absolute atomic E-state index is 0.121. The molecule has 0 bridgehead atoms. The lowest BCUT2D eigenvalue weighted by Crippen LogP contribution is -2.26. The molecule has 3 unspecified atom stereocenters. The Morgan fingerprint density at radius 3 is 2.89 bits per heavy atom. The van der Waals surface area contributed by atoms with Crippen molar-refractivity contribution in [3.8, 4) is 6.07 Å². The smallest absolute Gasteiger partial charge is 0.276 e. The van der Waals surface area contributed by atoms with Crippen LogP contribution < -0.4 is 0 Å². The Morgan fingerprint density at radius 2 is 2.28 bits per heavy atom.